The van der Waals surface area contributed by atoms with Gasteiger partial charge in [-0.15, -0.1) is 0 Å². The number of aromatic nitrogens is 3. The summed E-state index contributed by atoms with van der Waals surface area (Å²) in [6, 6.07) is -0.435. The summed E-state index contributed by atoms with van der Waals surface area (Å²) >= 11 is 0. The van der Waals surface area contributed by atoms with Gasteiger partial charge in [0.25, 0.3) is 5.91 Å². The maximum atomic E-state index is 12.5. The van der Waals surface area contributed by atoms with Gasteiger partial charge in [0, 0.05) is 19.5 Å². The Morgan fingerprint density at radius 3 is 3.08 bits per heavy atom. The van der Waals surface area contributed by atoms with Gasteiger partial charge in [0.2, 0.25) is 0 Å². The average Bonchev–Trinajstić information content (AvgIpc) is 3.21. The van der Waals surface area contributed by atoms with Crippen LogP contribution in [0.4, 0.5) is 0 Å². The van der Waals surface area contributed by atoms with Gasteiger partial charge in [0.05, 0.1) is 36.7 Å². The number of ether oxygens (including phenoxy) is 1. The van der Waals surface area contributed by atoms with E-state index in [0.29, 0.717) is 17.7 Å². The Labute approximate surface area is 139 Å². The van der Waals surface area contributed by atoms with E-state index in [-0.39, 0.29) is 30.3 Å². The minimum Gasteiger partial charge on any atom is -0.389 e. The van der Waals surface area contributed by atoms with Gasteiger partial charge in [-0.3, -0.25) is 4.79 Å². The van der Waals surface area contributed by atoms with Crippen LogP contribution >= 0.6 is 0 Å². The Hall–Kier alpha value is -2.19. The van der Waals surface area contributed by atoms with E-state index >= 15 is 0 Å². The van der Waals surface area contributed by atoms with Crippen LogP contribution in [0.3, 0.4) is 0 Å². The van der Waals surface area contributed by atoms with E-state index in [0.717, 1.165) is 12.8 Å². The van der Waals surface area contributed by atoms with Crippen molar-refractivity contribution in [3.63, 3.8) is 0 Å². The average molecular weight is 334 g/mol. The molecule has 2 N–H and O–H groups in total. The largest absolute Gasteiger partial charge is 0.389 e. The van der Waals surface area contributed by atoms with Crippen LogP contribution in [0.1, 0.15) is 47.1 Å². The topological polar surface area (TPSA) is 102 Å². The number of carbonyl (C=O) groups excluding carboxylic acids is 1. The maximum absolute atomic E-state index is 12.5. The number of amides is 1. The third-order valence-corrected chi connectivity index (χ3v) is 4.53. The Balaban J connectivity index is 1.72. The molecule has 0 saturated heterocycles. The molecule has 1 fully saturated rings. The van der Waals surface area contributed by atoms with Crippen LogP contribution in [0.15, 0.2) is 23.2 Å². The van der Waals surface area contributed by atoms with Gasteiger partial charge < -0.3 is 24.3 Å². The Morgan fingerprint density at radius 1 is 1.54 bits per heavy atom. The molecular formula is C16H22N4O4. The number of hydrogen-bond acceptors (Lipinski definition) is 6. The standard InChI is InChI=1S/C16H22N4O4/c1-10-11(8-23-2)14(19-24-10)16(22)18-12-4-3-5-13(15(12)21)20-7-6-17-9-20/h6-7,9,12-13,15,21H,3-5,8H2,1-2H3,(H,18,22)/t12-,13-,15-/m1/s1. The van der Waals surface area contributed by atoms with Crippen LogP contribution in [0.5, 0.6) is 0 Å². The quantitative estimate of drug-likeness (QED) is 0.852. The molecule has 0 unspecified atom stereocenters. The van der Waals surface area contributed by atoms with Crippen molar-refractivity contribution in [2.45, 2.75) is 51.0 Å². The molecule has 3 rings (SSSR count). The van der Waals surface area contributed by atoms with Gasteiger partial charge in [-0.2, -0.15) is 0 Å². The zero-order valence-corrected chi connectivity index (χ0v) is 13.8. The van der Waals surface area contributed by atoms with Crippen molar-refractivity contribution < 1.29 is 19.2 Å². The SMILES string of the molecule is COCc1c(C(=O)N[C@@H]2CCC[C@@H](n3ccnc3)[C@@H]2O)noc1C. The lowest BCUT2D eigenvalue weighted by Gasteiger charge is -2.35. The molecule has 8 nitrogen and oxygen atoms in total. The number of imidazole rings is 1. The molecule has 2 aromatic rings. The zero-order chi connectivity index (χ0) is 17.1. The fourth-order valence-corrected chi connectivity index (χ4v) is 3.23. The summed E-state index contributed by atoms with van der Waals surface area (Å²) in [7, 11) is 1.55. The third-order valence-electron chi connectivity index (χ3n) is 4.53. The number of nitrogens with zero attached hydrogens (tertiary/aromatic N) is 3. The smallest absolute Gasteiger partial charge is 0.274 e. The van der Waals surface area contributed by atoms with E-state index in [2.05, 4.69) is 15.5 Å². The van der Waals surface area contributed by atoms with E-state index in [1.165, 1.54) is 0 Å². The lowest BCUT2D eigenvalue weighted by atomic mass is 9.87. The summed E-state index contributed by atoms with van der Waals surface area (Å²) < 4.78 is 12.1. The second-order valence-electron chi connectivity index (χ2n) is 6.08. The molecule has 0 bridgehead atoms. The molecule has 1 amide bonds. The number of nitrogens with one attached hydrogen (secondary N) is 1. The number of aryl methyl sites for hydroxylation is 1. The number of methoxy groups -OCH3 is 1. The first-order valence-corrected chi connectivity index (χ1v) is 8.02. The van der Waals surface area contributed by atoms with Crippen LogP contribution in [0.2, 0.25) is 0 Å². The van der Waals surface area contributed by atoms with Crippen molar-refractivity contribution in [1.82, 2.24) is 20.0 Å². The number of carbonyl (C=O) groups is 1. The first-order chi connectivity index (χ1) is 11.6. The summed E-state index contributed by atoms with van der Waals surface area (Å²) in [5.74, 6) is 0.205. The normalized spacial score (nSPS) is 24.0. The minimum atomic E-state index is -0.684. The van der Waals surface area contributed by atoms with Gasteiger partial charge in [0.1, 0.15) is 5.76 Å². The first kappa shape index (κ1) is 16.7. The zero-order valence-electron chi connectivity index (χ0n) is 13.8. The minimum absolute atomic E-state index is 0.0935. The summed E-state index contributed by atoms with van der Waals surface area (Å²) in [6.07, 6.45) is 7.00. The van der Waals surface area contributed by atoms with E-state index in [1.54, 1.807) is 26.6 Å². The van der Waals surface area contributed by atoms with Crippen molar-refractivity contribution in [2.24, 2.45) is 0 Å². The van der Waals surface area contributed by atoms with E-state index in [4.69, 9.17) is 9.26 Å². The van der Waals surface area contributed by atoms with Crippen LogP contribution in [-0.2, 0) is 11.3 Å². The second kappa shape index (κ2) is 7.14. The highest BCUT2D eigenvalue weighted by Gasteiger charge is 2.34. The van der Waals surface area contributed by atoms with Crippen LogP contribution < -0.4 is 5.32 Å². The molecule has 1 saturated carbocycles. The van der Waals surface area contributed by atoms with Crippen LogP contribution in [0, 0.1) is 6.92 Å². The molecular weight excluding hydrogens is 312 g/mol. The van der Waals surface area contributed by atoms with E-state index in [9.17, 15) is 9.90 Å². The summed E-state index contributed by atoms with van der Waals surface area (Å²) in [5.41, 5.74) is 0.845. The fourth-order valence-electron chi connectivity index (χ4n) is 3.23. The highest BCUT2D eigenvalue weighted by atomic mass is 16.5. The molecule has 2 aromatic heterocycles. The Morgan fingerprint density at radius 2 is 2.38 bits per heavy atom. The predicted octanol–water partition coefficient (Wildman–Crippen LogP) is 1.21. The van der Waals surface area contributed by atoms with Crippen molar-refractivity contribution >= 4 is 5.91 Å². The molecule has 0 radical (unpaired) electrons. The van der Waals surface area contributed by atoms with Crippen molar-refractivity contribution in [1.29, 1.82) is 0 Å². The molecule has 0 aliphatic heterocycles. The molecule has 1 aliphatic carbocycles. The first-order valence-electron chi connectivity index (χ1n) is 8.02. The van der Waals surface area contributed by atoms with Crippen LogP contribution in [0.25, 0.3) is 0 Å². The third kappa shape index (κ3) is 3.20. The molecule has 24 heavy (non-hydrogen) atoms. The second-order valence-corrected chi connectivity index (χ2v) is 6.08. The van der Waals surface area contributed by atoms with Gasteiger partial charge in [0.15, 0.2) is 5.69 Å². The van der Waals surface area contributed by atoms with Gasteiger partial charge in [-0.1, -0.05) is 5.16 Å². The summed E-state index contributed by atoms with van der Waals surface area (Å²) in [4.78, 5) is 16.6. The summed E-state index contributed by atoms with van der Waals surface area (Å²) in [6.45, 7) is 1.99. The highest BCUT2D eigenvalue weighted by Crippen LogP contribution is 2.29. The number of aliphatic hydroxyl groups excluding tert-OH is 1. The monoisotopic (exact) mass is 334 g/mol. The number of hydrogen-bond donors (Lipinski definition) is 2. The molecule has 130 valence electrons. The molecule has 3 atom stereocenters. The molecule has 0 aromatic carbocycles. The van der Waals surface area contributed by atoms with Crippen molar-refractivity contribution in [2.75, 3.05) is 7.11 Å². The lowest BCUT2D eigenvalue weighted by molar-refractivity contribution is 0.0395. The molecule has 2 heterocycles. The number of aliphatic hydroxyl groups is 1. The highest BCUT2D eigenvalue weighted by molar-refractivity contribution is 5.94. The number of rotatable bonds is 5. The maximum Gasteiger partial charge on any atom is 0.274 e. The molecule has 8 heteroatoms. The Kier molecular flexibility index (Phi) is 4.96. The fraction of sp³-hybridized carbons (Fsp3) is 0.562. The van der Waals surface area contributed by atoms with Crippen LogP contribution in [-0.4, -0.2) is 45.0 Å². The lowest BCUT2D eigenvalue weighted by Crippen LogP contribution is -2.49. The van der Waals surface area contributed by atoms with Crippen molar-refractivity contribution in [3.8, 4) is 0 Å². The Bertz CT molecular complexity index is 682. The molecule has 0 spiro atoms. The molecule has 1 aliphatic rings. The van der Waals surface area contributed by atoms with E-state index < -0.39 is 6.10 Å². The van der Waals surface area contributed by atoms with Gasteiger partial charge in [-0.05, 0) is 26.2 Å². The van der Waals surface area contributed by atoms with Crippen molar-refractivity contribution in [3.05, 3.63) is 35.7 Å². The summed E-state index contributed by atoms with van der Waals surface area (Å²) in [5, 5.41) is 17.4. The predicted molar refractivity (Wildman–Crippen MR) is 84.3 cm³/mol. The van der Waals surface area contributed by atoms with Gasteiger partial charge in [-0.25, -0.2) is 4.98 Å². The van der Waals surface area contributed by atoms with E-state index in [1.807, 2.05) is 10.8 Å². The van der Waals surface area contributed by atoms with Gasteiger partial charge >= 0.3 is 0 Å².